The maximum absolute atomic E-state index is 11.4. The molecule has 0 radical (unpaired) electrons. The number of pyridine rings is 1. The molecule has 0 aliphatic carbocycles. The van der Waals surface area contributed by atoms with Crippen molar-refractivity contribution in [2.45, 2.75) is 19.6 Å². The van der Waals surface area contributed by atoms with Crippen LogP contribution in [0.15, 0.2) is 67.1 Å². The molecule has 35 heavy (non-hydrogen) atoms. The third kappa shape index (κ3) is 6.27. The van der Waals surface area contributed by atoms with Crippen molar-refractivity contribution in [3.05, 3.63) is 77.8 Å². The highest BCUT2D eigenvalue weighted by molar-refractivity contribution is 6.32. The highest BCUT2D eigenvalue weighted by Gasteiger charge is 2.14. The number of fused-ring (bicyclic) bond motifs is 1. The number of amides is 1. The number of nitrogens with zero attached hydrogens (tertiary/aromatic N) is 3. The van der Waals surface area contributed by atoms with E-state index in [9.17, 15) is 4.79 Å². The third-order valence-electron chi connectivity index (χ3n) is 4.91. The number of carbonyl (C=O) groups is 1. The second-order valence-corrected chi connectivity index (χ2v) is 7.94. The lowest BCUT2D eigenvalue weighted by molar-refractivity contribution is 0.0773. The number of anilines is 2. The second-order valence-electron chi connectivity index (χ2n) is 7.53. The van der Waals surface area contributed by atoms with Crippen LogP contribution in [-0.4, -0.2) is 40.8 Å². The van der Waals surface area contributed by atoms with E-state index in [1.807, 2.05) is 42.5 Å². The van der Waals surface area contributed by atoms with Crippen molar-refractivity contribution in [3.8, 4) is 11.5 Å². The standard InChI is InChI=1S/C25H24ClN5O4/c1-16(35-25(32)27-2)13-33-22-8-5-7-20-23(22)24(30-15-29-20)31-17-9-10-21(19(26)12-17)34-14-18-6-3-4-11-28-18/h3-12,15-16H,13-14H2,1-2H3,(H,27,32)(H,29,30,31). The van der Waals surface area contributed by atoms with Gasteiger partial charge < -0.3 is 24.8 Å². The first-order valence-corrected chi connectivity index (χ1v) is 11.3. The molecule has 0 fully saturated rings. The Bertz CT molecular complexity index is 1300. The molecule has 0 aliphatic rings. The molecule has 4 aromatic rings. The summed E-state index contributed by atoms with van der Waals surface area (Å²) in [5.41, 5.74) is 2.22. The number of alkyl carbamates (subject to hydrolysis) is 1. The Kier molecular flexibility index (Phi) is 7.79. The SMILES string of the molecule is CNC(=O)OC(C)COc1cccc2ncnc(Nc3ccc(OCc4ccccn4)c(Cl)c3)c12. The number of hydrogen-bond donors (Lipinski definition) is 2. The van der Waals surface area contributed by atoms with Gasteiger partial charge in [0.15, 0.2) is 0 Å². The Morgan fingerprint density at radius 2 is 1.91 bits per heavy atom. The van der Waals surface area contributed by atoms with Crippen molar-refractivity contribution in [2.75, 3.05) is 19.0 Å². The summed E-state index contributed by atoms with van der Waals surface area (Å²) in [7, 11) is 1.50. The quantitative estimate of drug-likeness (QED) is 0.330. The van der Waals surface area contributed by atoms with Crippen molar-refractivity contribution in [1.82, 2.24) is 20.3 Å². The van der Waals surface area contributed by atoms with E-state index < -0.39 is 12.2 Å². The Hall–Kier alpha value is -4.11. The van der Waals surface area contributed by atoms with Crippen LogP contribution in [0, 0.1) is 0 Å². The molecule has 180 valence electrons. The Morgan fingerprint density at radius 1 is 1.03 bits per heavy atom. The van der Waals surface area contributed by atoms with Gasteiger partial charge in [0.05, 0.1) is 21.6 Å². The smallest absolute Gasteiger partial charge is 0.407 e. The lowest BCUT2D eigenvalue weighted by atomic mass is 10.2. The molecule has 0 spiro atoms. The minimum Gasteiger partial charge on any atom is -0.489 e. The van der Waals surface area contributed by atoms with Crippen LogP contribution in [0.2, 0.25) is 5.02 Å². The largest absolute Gasteiger partial charge is 0.489 e. The first kappa shape index (κ1) is 24.0. The maximum Gasteiger partial charge on any atom is 0.407 e. The Labute approximate surface area is 207 Å². The second kappa shape index (κ2) is 11.3. The zero-order chi connectivity index (χ0) is 24.6. The van der Waals surface area contributed by atoms with Crippen LogP contribution in [0.4, 0.5) is 16.3 Å². The highest BCUT2D eigenvalue weighted by atomic mass is 35.5. The topological polar surface area (TPSA) is 107 Å². The summed E-state index contributed by atoms with van der Waals surface area (Å²) in [6, 6.07) is 16.5. The number of nitrogens with one attached hydrogen (secondary N) is 2. The van der Waals surface area contributed by atoms with Crippen molar-refractivity contribution < 1.29 is 19.0 Å². The third-order valence-corrected chi connectivity index (χ3v) is 5.20. The van der Waals surface area contributed by atoms with Gasteiger partial charge in [0.2, 0.25) is 0 Å². The summed E-state index contributed by atoms with van der Waals surface area (Å²) in [5, 5.41) is 6.83. The van der Waals surface area contributed by atoms with Gasteiger partial charge in [-0.05, 0) is 49.4 Å². The average molecular weight is 494 g/mol. The van der Waals surface area contributed by atoms with Gasteiger partial charge >= 0.3 is 6.09 Å². The van der Waals surface area contributed by atoms with Gasteiger partial charge in [0.1, 0.15) is 43.0 Å². The van der Waals surface area contributed by atoms with Crippen LogP contribution in [-0.2, 0) is 11.3 Å². The fourth-order valence-corrected chi connectivity index (χ4v) is 3.48. The average Bonchev–Trinajstić information content (AvgIpc) is 2.87. The van der Waals surface area contributed by atoms with Gasteiger partial charge in [-0.1, -0.05) is 23.7 Å². The molecule has 1 unspecified atom stereocenters. The first-order chi connectivity index (χ1) is 17.0. The van der Waals surface area contributed by atoms with Gasteiger partial charge in [0.25, 0.3) is 0 Å². The van der Waals surface area contributed by atoms with E-state index in [1.54, 1.807) is 25.3 Å². The van der Waals surface area contributed by atoms with Gasteiger partial charge in [-0.15, -0.1) is 0 Å². The molecule has 0 aliphatic heterocycles. The van der Waals surface area contributed by atoms with Crippen molar-refractivity contribution in [1.29, 1.82) is 0 Å². The summed E-state index contributed by atoms with van der Waals surface area (Å²) in [4.78, 5) is 24.4. The minimum absolute atomic E-state index is 0.162. The summed E-state index contributed by atoms with van der Waals surface area (Å²) < 4.78 is 16.9. The predicted octanol–water partition coefficient (Wildman–Crippen LogP) is 5.12. The summed E-state index contributed by atoms with van der Waals surface area (Å²) in [6.07, 6.45) is 2.21. The number of hydrogen-bond acceptors (Lipinski definition) is 8. The summed E-state index contributed by atoms with van der Waals surface area (Å²) in [5.74, 6) is 1.65. The number of halogens is 1. The van der Waals surface area contributed by atoms with Gasteiger partial charge in [0, 0.05) is 18.9 Å². The summed E-state index contributed by atoms with van der Waals surface area (Å²) >= 11 is 6.46. The van der Waals surface area contributed by atoms with Crippen LogP contribution >= 0.6 is 11.6 Å². The zero-order valence-corrected chi connectivity index (χ0v) is 20.0. The van der Waals surface area contributed by atoms with Crippen molar-refractivity contribution >= 4 is 40.1 Å². The van der Waals surface area contributed by atoms with E-state index in [2.05, 4.69) is 25.6 Å². The van der Waals surface area contributed by atoms with E-state index >= 15 is 0 Å². The molecule has 10 heteroatoms. The maximum atomic E-state index is 11.4. The molecule has 4 rings (SSSR count). The number of aromatic nitrogens is 3. The van der Waals surface area contributed by atoms with Crippen LogP contribution in [0.25, 0.3) is 10.9 Å². The van der Waals surface area contributed by atoms with Crippen LogP contribution in [0.1, 0.15) is 12.6 Å². The molecule has 2 N–H and O–H groups in total. The van der Waals surface area contributed by atoms with E-state index in [1.165, 1.54) is 13.4 Å². The molecule has 1 atom stereocenters. The molecule has 9 nitrogen and oxygen atoms in total. The number of benzene rings is 2. The van der Waals surface area contributed by atoms with Gasteiger partial charge in [-0.2, -0.15) is 0 Å². The van der Waals surface area contributed by atoms with Gasteiger partial charge in [-0.3, -0.25) is 4.98 Å². The van der Waals surface area contributed by atoms with E-state index in [0.29, 0.717) is 45.5 Å². The number of rotatable bonds is 9. The monoisotopic (exact) mass is 493 g/mol. The molecule has 0 bridgehead atoms. The molecule has 1 amide bonds. The summed E-state index contributed by atoms with van der Waals surface area (Å²) in [6.45, 7) is 2.22. The number of carbonyl (C=O) groups excluding carboxylic acids is 1. The fraction of sp³-hybridized carbons (Fsp3) is 0.200. The molecule has 2 heterocycles. The Morgan fingerprint density at radius 3 is 2.69 bits per heavy atom. The lowest BCUT2D eigenvalue weighted by Gasteiger charge is -2.16. The molecule has 0 saturated heterocycles. The minimum atomic E-state index is -0.519. The normalized spacial score (nSPS) is 11.5. The predicted molar refractivity (Wildman–Crippen MR) is 133 cm³/mol. The zero-order valence-electron chi connectivity index (χ0n) is 19.2. The van der Waals surface area contributed by atoms with E-state index in [4.69, 9.17) is 25.8 Å². The highest BCUT2D eigenvalue weighted by Crippen LogP contribution is 2.34. The molecule has 2 aromatic carbocycles. The fourth-order valence-electron chi connectivity index (χ4n) is 3.24. The van der Waals surface area contributed by atoms with E-state index in [0.717, 1.165) is 5.69 Å². The van der Waals surface area contributed by atoms with E-state index in [-0.39, 0.29) is 6.61 Å². The molecule has 2 aromatic heterocycles. The molecule has 0 saturated carbocycles. The van der Waals surface area contributed by atoms with Crippen molar-refractivity contribution in [2.24, 2.45) is 0 Å². The lowest BCUT2D eigenvalue weighted by Crippen LogP contribution is -2.28. The Balaban J connectivity index is 1.50. The van der Waals surface area contributed by atoms with Crippen LogP contribution in [0.5, 0.6) is 11.5 Å². The first-order valence-electron chi connectivity index (χ1n) is 10.9. The molecular formula is C25H24ClN5O4. The molecular weight excluding hydrogens is 470 g/mol. The number of ether oxygens (including phenoxy) is 3. The van der Waals surface area contributed by atoms with Crippen LogP contribution in [0.3, 0.4) is 0 Å². The van der Waals surface area contributed by atoms with Gasteiger partial charge in [-0.25, -0.2) is 14.8 Å². The van der Waals surface area contributed by atoms with Crippen molar-refractivity contribution in [3.63, 3.8) is 0 Å². The van der Waals surface area contributed by atoms with Crippen LogP contribution < -0.4 is 20.1 Å².